The molecule has 1 saturated carbocycles. The van der Waals surface area contributed by atoms with Crippen LogP contribution in [0.5, 0.6) is 0 Å². The minimum Gasteiger partial charge on any atom is -0.334 e. The second-order valence-electron chi connectivity index (χ2n) is 5.24. The first kappa shape index (κ1) is 12.6. The molecule has 1 aliphatic carbocycles. The van der Waals surface area contributed by atoms with Gasteiger partial charge >= 0.3 is 0 Å². The average Bonchev–Trinajstić information content (AvgIpc) is 2.95. The summed E-state index contributed by atoms with van der Waals surface area (Å²) < 4.78 is 0. The van der Waals surface area contributed by atoms with E-state index in [0.717, 1.165) is 32.1 Å². The molecule has 1 heterocycles. The summed E-state index contributed by atoms with van der Waals surface area (Å²) in [5.74, 6) is -0.224. The van der Waals surface area contributed by atoms with Gasteiger partial charge in [0.2, 0.25) is 0 Å². The van der Waals surface area contributed by atoms with Crippen LogP contribution in [0.2, 0.25) is 0 Å². The lowest BCUT2D eigenvalue weighted by Gasteiger charge is -2.31. The Morgan fingerprint density at radius 3 is 2.75 bits per heavy atom. The smallest absolute Gasteiger partial charge is 0.252 e. The van der Waals surface area contributed by atoms with Gasteiger partial charge in [-0.25, -0.2) is 0 Å². The summed E-state index contributed by atoms with van der Waals surface area (Å²) in [5.41, 5.74) is 1.15. The number of rotatable bonds is 2. The van der Waals surface area contributed by atoms with Gasteiger partial charge < -0.3 is 5.32 Å². The number of carbonyl (C=O) groups is 1. The Hall–Kier alpha value is -2.42. The number of hydrogen-bond donors (Lipinski definition) is 2. The molecular weight excluding hydrogens is 254 g/mol. The molecule has 0 unspecified atom stereocenters. The number of nitrogens with one attached hydrogen (secondary N) is 2. The maximum atomic E-state index is 12.3. The summed E-state index contributed by atoms with van der Waals surface area (Å²) >= 11 is 0. The number of fused-ring (bicyclic) bond motifs is 1. The molecule has 0 bridgehead atoms. The second kappa shape index (κ2) is 4.93. The number of aromatic amines is 1. The van der Waals surface area contributed by atoms with Gasteiger partial charge in [-0.2, -0.15) is 20.7 Å². The van der Waals surface area contributed by atoms with Crippen LogP contribution in [-0.2, 0) is 0 Å². The average molecular weight is 269 g/mol. The quantitative estimate of drug-likeness (QED) is 0.870. The predicted molar refractivity (Wildman–Crippen MR) is 72.8 cm³/mol. The molecule has 0 spiro atoms. The van der Waals surface area contributed by atoms with Crippen molar-refractivity contribution in [1.29, 1.82) is 5.26 Å². The van der Waals surface area contributed by atoms with Gasteiger partial charge in [0.1, 0.15) is 16.6 Å². The van der Waals surface area contributed by atoms with Crippen molar-refractivity contribution in [2.75, 3.05) is 0 Å². The van der Waals surface area contributed by atoms with E-state index in [9.17, 15) is 10.1 Å². The van der Waals surface area contributed by atoms with E-state index in [-0.39, 0.29) is 5.91 Å². The zero-order chi connectivity index (χ0) is 14.0. The van der Waals surface area contributed by atoms with Crippen LogP contribution >= 0.6 is 0 Å². The number of nitriles is 1. The summed E-state index contributed by atoms with van der Waals surface area (Å²) in [4.78, 5) is 12.3. The standard InChI is InChI=1S/C14H15N5O/c15-9-14(6-2-1-3-7-14)16-13(20)10-4-5-11-12(8-10)18-19-17-11/h4-5,8H,1-3,6-7H2,(H,16,20)(H,17,18,19). The van der Waals surface area contributed by atoms with E-state index in [1.54, 1.807) is 18.2 Å². The van der Waals surface area contributed by atoms with Gasteiger partial charge in [0.15, 0.2) is 0 Å². The van der Waals surface area contributed by atoms with Crippen molar-refractivity contribution in [3.8, 4) is 6.07 Å². The van der Waals surface area contributed by atoms with Gasteiger partial charge in [-0.3, -0.25) is 4.79 Å². The van der Waals surface area contributed by atoms with E-state index in [2.05, 4.69) is 26.8 Å². The zero-order valence-electron chi connectivity index (χ0n) is 11.0. The van der Waals surface area contributed by atoms with Gasteiger partial charge in [0.25, 0.3) is 5.91 Å². The Morgan fingerprint density at radius 2 is 2.00 bits per heavy atom. The van der Waals surface area contributed by atoms with Crippen LogP contribution in [0.1, 0.15) is 42.5 Å². The third-order valence-corrected chi connectivity index (χ3v) is 3.85. The molecule has 2 N–H and O–H groups in total. The monoisotopic (exact) mass is 269 g/mol. The molecule has 0 aliphatic heterocycles. The first-order chi connectivity index (χ1) is 9.72. The Bertz CT molecular complexity index is 678. The van der Waals surface area contributed by atoms with Gasteiger partial charge in [-0.05, 0) is 31.0 Å². The number of nitrogens with zero attached hydrogens (tertiary/aromatic N) is 3. The van der Waals surface area contributed by atoms with E-state index in [1.165, 1.54) is 0 Å². The van der Waals surface area contributed by atoms with Crippen molar-refractivity contribution in [1.82, 2.24) is 20.7 Å². The van der Waals surface area contributed by atoms with Crippen LogP contribution < -0.4 is 5.32 Å². The SMILES string of the molecule is N#CC1(NC(=O)c2ccc3n[nH]nc3c2)CCCCC1. The second-order valence-corrected chi connectivity index (χ2v) is 5.24. The highest BCUT2D eigenvalue weighted by Crippen LogP contribution is 2.28. The highest BCUT2D eigenvalue weighted by Gasteiger charge is 2.33. The molecule has 1 fully saturated rings. The molecule has 1 aliphatic rings. The lowest BCUT2D eigenvalue weighted by molar-refractivity contribution is 0.0903. The molecular formula is C14H15N5O. The Kier molecular flexibility index (Phi) is 3.11. The maximum Gasteiger partial charge on any atom is 0.252 e. The normalized spacial score (nSPS) is 17.6. The van der Waals surface area contributed by atoms with E-state index < -0.39 is 5.54 Å². The van der Waals surface area contributed by atoms with Crippen molar-refractivity contribution >= 4 is 16.9 Å². The highest BCUT2D eigenvalue weighted by molar-refractivity contribution is 5.97. The summed E-state index contributed by atoms with van der Waals surface area (Å²) in [6, 6.07) is 7.41. The molecule has 0 radical (unpaired) electrons. The van der Waals surface area contributed by atoms with Gasteiger partial charge in [-0.15, -0.1) is 0 Å². The number of H-pyrrole nitrogens is 1. The Balaban J connectivity index is 1.83. The summed E-state index contributed by atoms with van der Waals surface area (Å²) in [7, 11) is 0. The lowest BCUT2D eigenvalue weighted by atomic mass is 9.82. The van der Waals surface area contributed by atoms with Crippen molar-refractivity contribution in [3.63, 3.8) is 0 Å². The molecule has 1 aromatic carbocycles. The van der Waals surface area contributed by atoms with Gasteiger partial charge in [0, 0.05) is 5.56 Å². The third kappa shape index (κ3) is 2.23. The van der Waals surface area contributed by atoms with Crippen molar-refractivity contribution in [3.05, 3.63) is 23.8 Å². The van der Waals surface area contributed by atoms with Crippen LogP contribution in [-0.4, -0.2) is 26.9 Å². The molecule has 1 aromatic heterocycles. The zero-order valence-corrected chi connectivity index (χ0v) is 11.0. The van der Waals surface area contributed by atoms with Gasteiger partial charge in [0.05, 0.1) is 6.07 Å². The van der Waals surface area contributed by atoms with Crippen LogP contribution in [0, 0.1) is 11.3 Å². The molecule has 0 atom stereocenters. The molecule has 1 amide bonds. The molecule has 6 nitrogen and oxygen atoms in total. The van der Waals surface area contributed by atoms with E-state index in [0.29, 0.717) is 16.6 Å². The maximum absolute atomic E-state index is 12.3. The lowest BCUT2D eigenvalue weighted by Crippen LogP contribution is -2.48. The molecule has 2 aromatic rings. The van der Waals surface area contributed by atoms with Crippen molar-refractivity contribution in [2.45, 2.75) is 37.6 Å². The molecule has 102 valence electrons. The first-order valence-electron chi connectivity index (χ1n) is 6.77. The number of carbonyl (C=O) groups excluding carboxylic acids is 1. The summed E-state index contributed by atoms with van der Waals surface area (Å²) in [5, 5.41) is 22.7. The first-order valence-corrected chi connectivity index (χ1v) is 6.77. The van der Waals surface area contributed by atoms with Crippen molar-refractivity contribution in [2.24, 2.45) is 0 Å². The van der Waals surface area contributed by atoms with Gasteiger partial charge in [-0.1, -0.05) is 19.3 Å². The van der Waals surface area contributed by atoms with Crippen LogP contribution in [0.3, 0.4) is 0 Å². The number of benzene rings is 1. The van der Waals surface area contributed by atoms with E-state index >= 15 is 0 Å². The topological polar surface area (TPSA) is 94.5 Å². The molecule has 3 rings (SSSR count). The number of aromatic nitrogens is 3. The Morgan fingerprint density at radius 1 is 1.25 bits per heavy atom. The Labute approximate surface area is 116 Å². The molecule has 20 heavy (non-hydrogen) atoms. The van der Waals surface area contributed by atoms with Crippen LogP contribution in [0.25, 0.3) is 11.0 Å². The minimum atomic E-state index is -0.714. The molecule has 0 saturated heterocycles. The number of amides is 1. The summed E-state index contributed by atoms with van der Waals surface area (Å²) in [6.07, 6.45) is 4.54. The summed E-state index contributed by atoms with van der Waals surface area (Å²) in [6.45, 7) is 0. The largest absolute Gasteiger partial charge is 0.334 e. The minimum absolute atomic E-state index is 0.224. The predicted octanol–water partition coefficient (Wildman–Crippen LogP) is 1.91. The van der Waals surface area contributed by atoms with E-state index in [1.807, 2.05) is 0 Å². The highest BCUT2D eigenvalue weighted by atomic mass is 16.1. The fourth-order valence-electron chi connectivity index (χ4n) is 2.69. The number of hydrogen-bond acceptors (Lipinski definition) is 4. The van der Waals surface area contributed by atoms with E-state index in [4.69, 9.17) is 0 Å². The van der Waals surface area contributed by atoms with Crippen LogP contribution in [0.15, 0.2) is 18.2 Å². The van der Waals surface area contributed by atoms with Crippen molar-refractivity contribution < 1.29 is 4.79 Å². The molecule has 6 heteroatoms. The van der Waals surface area contributed by atoms with Crippen LogP contribution in [0.4, 0.5) is 0 Å². The fourth-order valence-corrected chi connectivity index (χ4v) is 2.69. The third-order valence-electron chi connectivity index (χ3n) is 3.85. The fraction of sp³-hybridized carbons (Fsp3) is 0.429.